The molecule has 1 fully saturated rings. The summed E-state index contributed by atoms with van der Waals surface area (Å²) in [5, 5.41) is 6.49. The third-order valence-corrected chi connectivity index (χ3v) is 3.64. The lowest BCUT2D eigenvalue weighted by Gasteiger charge is -2.28. The largest absolute Gasteiger partial charge is 0.490 e. The van der Waals surface area contributed by atoms with Crippen molar-refractivity contribution in [3.8, 4) is 5.75 Å². The second-order valence-corrected chi connectivity index (χ2v) is 5.39. The summed E-state index contributed by atoms with van der Waals surface area (Å²) in [5.41, 5.74) is 0.583. The molecule has 2 rings (SSSR count). The van der Waals surface area contributed by atoms with Crippen LogP contribution < -0.4 is 15.4 Å². The highest BCUT2D eigenvalue weighted by Gasteiger charge is 2.21. The summed E-state index contributed by atoms with van der Waals surface area (Å²) in [4.78, 5) is 12.4. The number of rotatable bonds is 6. The van der Waals surface area contributed by atoms with Crippen LogP contribution in [0.25, 0.3) is 0 Å². The predicted molar refractivity (Wildman–Crippen MR) is 89.0 cm³/mol. The van der Waals surface area contributed by atoms with Gasteiger partial charge in [-0.2, -0.15) is 0 Å². The van der Waals surface area contributed by atoms with E-state index in [1.165, 1.54) is 0 Å². The number of para-hydroxylation sites is 1. The van der Waals surface area contributed by atoms with E-state index in [0.29, 0.717) is 30.6 Å². The Bertz CT molecular complexity index is 470. The number of carbonyl (C=O) groups is 1. The van der Waals surface area contributed by atoms with Crippen molar-refractivity contribution in [3.05, 3.63) is 29.8 Å². The molecule has 6 heteroatoms. The number of hydrogen-bond donors (Lipinski definition) is 2. The van der Waals surface area contributed by atoms with Crippen LogP contribution >= 0.6 is 12.4 Å². The number of methoxy groups -OCH3 is 1. The first-order valence-corrected chi connectivity index (χ1v) is 7.45. The van der Waals surface area contributed by atoms with Crippen molar-refractivity contribution in [1.82, 2.24) is 10.6 Å². The highest BCUT2D eigenvalue weighted by atomic mass is 35.5. The van der Waals surface area contributed by atoms with Gasteiger partial charge in [0.2, 0.25) is 0 Å². The van der Waals surface area contributed by atoms with E-state index in [1.54, 1.807) is 13.2 Å². The Morgan fingerprint density at radius 2 is 2.14 bits per heavy atom. The summed E-state index contributed by atoms with van der Waals surface area (Å²) in [6.45, 7) is 4.02. The van der Waals surface area contributed by atoms with Gasteiger partial charge in [0.25, 0.3) is 5.91 Å². The molecular formula is C16H25ClN2O3. The summed E-state index contributed by atoms with van der Waals surface area (Å²) in [6, 6.07) is 7.99. The zero-order valence-electron chi connectivity index (χ0n) is 13.1. The van der Waals surface area contributed by atoms with Gasteiger partial charge in [0.05, 0.1) is 12.2 Å². The zero-order chi connectivity index (χ0) is 15.1. The molecule has 1 aromatic rings. The van der Waals surface area contributed by atoms with Crippen molar-refractivity contribution in [3.63, 3.8) is 0 Å². The second-order valence-electron chi connectivity index (χ2n) is 5.39. The van der Waals surface area contributed by atoms with Gasteiger partial charge >= 0.3 is 0 Å². The molecule has 1 aliphatic heterocycles. The molecule has 22 heavy (non-hydrogen) atoms. The zero-order valence-corrected chi connectivity index (χ0v) is 13.9. The highest BCUT2D eigenvalue weighted by molar-refractivity contribution is 5.97. The minimum absolute atomic E-state index is 0. The van der Waals surface area contributed by atoms with E-state index in [9.17, 15) is 4.79 Å². The minimum Gasteiger partial charge on any atom is -0.490 e. The number of benzene rings is 1. The van der Waals surface area contributed by atoms with Gasteiger partial charge in [0, 0.05) is 19.2 Å². The molecule has 2 N–H and O–H groups in total. The first-order valence-electron chi connectivity index (χ1n) is 7.45. The summed E-state index contributed by atoms with van der Waals surface area (Å²) in [7, 11) is 1.63. The van der Waals surface area contributed by atoms with Crippen LogP contribution in [-0.4, -0.2) is 44.9 Å². The molecule has 124 valence electrons. The Labute approximate surface area is 138 Å². The van der Waals surface area contributed by atoms with E-state index in [-0.39, 0.29) is 24.4 Å². The molecule has 5 nitrogen and oxygen atoms in total. The Balaban J connectivity index is 0.00000242. The van der Waals surface area contributed by atoms with Gasteiger partial charge in [0.15, 0.2) is 0 Å². The van der Waals surface area contributed by atoms with E-state index in [1.807, 2.05) is 18.2 Å². The number of amides is 1. The van der Waals surface area contributed by atoms with Crippen LogP contribution in [0.4, 0.5) is 0 Å². The molecule has 0 radical (unpaired) electrons. The average Bonchev–Trinajstić information content (AvgIpc) is 2.48. The first kappa shape index (κ1) is 18.7. The van der Waals surface area contributed by atoms with E-state index >= 15 is 0 Å². The number of nitrogens with one attached hydrogen (secondary N) is 2. The molecule has 2 atom stereocenters. The van der Waals surface area contributed by atoms with E-state index in [4.69, 9.17) is 9.47 Å². The SMILES string of the molecule is COCCOc1ccccc1C(=O)NC1CCNC(C)C1.Cl. The fourth-order valence-electron chi connectivity index (χ4n) is 2.54. The van der Waals surface area contributed by atoms with Crippen molar-refractivity contribution in [2.45, 2.75) is 31.8 Å². The summed E-state index contributed by atoms with van der Waals surface area (Å²) in [6.07, 6.45) is 1.92. The molecule has 1 saturated heterocycles. The molecule has 2 unspecified atom stereocenters. The Morgan fingerprint density at radius 3 is 2.86 bits per heavy atom. The number of hydrogen-bond acceptors (Lipinski definition) is 4. The van der Waals surface area contributed by atoms with E-state index in [2.05, 4.69) is 17.6 Å². The molecule has 0 bridgehead atoms. The van der Waals surface area contributed by atoms with E-state index < -0.39 is 0 Å². The fourth-order valence-corrected chi connectivity index (χ4v) is 2.54. The molecule has 0 spiro atoms. The smallest absolute Gasteiger partial charge is 0.255 e. The quantitative estimate of drug-likeness (QED) is 0.784. The summed E-state index contributed by atoms with van der Waals surface area (Å²) < 4.78 is 10.6. The van der Waals surface area contributed by atoms with Crippen molar-refractivity contribution in [2.75, 3.05) is 26.9 Å². The van der Waals surface area contributed by atoms with Crippen LogP contribution in [0.2, 0.25) is 0 Å². The van der Waals surface area contributed by atoms with Gasteiger partial charge in [-0.1, -0.05) is 12.1 Å². The van der Waals surface area contributed by atoms with E-state index in [0.717, 1.165) is 19.4 Å². The maximum atomic E-state index is 12.4. The monoisotopic (exact) mass is 328 g/mol. The van der Waals surface area contributed by atoms with Crippen LogP contribution in [-0.2, 0) is 4.74 Å². The van der Waals surface area contributed by atoms with Gasteiger partial charge in [-0.15, -0.1) is 12.4 Å². The Hall–Kier alpha value is -1.30. The standard InChI is InChI=1S/C16H24N2O3.ClH/c1-12-11-13(7-8-17-12)18-16(19)14-5-3-4-6-15(14)21-10-9-20-2;/h3-6,12-13,17H,7-11H2,1-2H3,(H,18,19);1H. The van der Waals surface area contributed by atoms with Crippen molar-refractivity contribution in [2.24, 2.45) is 0 Å². The fraction of sp³-hybridized carbons (Fsp3) is 0.562. The summed E-state index contributed by atoms with van der Waals surface area (Å²) in [5.74, 6) is 0.538. The molecular weight excluding hydrogens is 304 g/mol. The normalized spacial score (nSPS) is 20.8. The molecule has 1 aromatic carbocycles. The maximum Gasteiger partial charge on any atom is 0.255 e. The van der Waals surface area contributed by atoms with Crippen molar-refractivity contribution >= 4 is 18.3 Å². The van der Waals surface area contributed by atoms with Gasteiger partial charge in [-0.25, -0.2) is 0 Å². The van der Waals surface area contributed by atoms with Gasteiger partial charge in [-0.05, 0) is 38.4 Å². The number of carbonyl (C=O) groups excluding carboxylic acids is 1. The lowest BCUT2D eigenvalue weighted by molar-refractivity contribution is 0.0918. The van der Waals surface area contributed by atoms with Crippen LogP contribution in [0.15, 0.2) is 24.3 Å². The highest BCUT2D eigenvalue weighted by Crippen LogP contribution is 2.19. The number of piperidine rings is 1. The molecule has 1 amide bonds. The third kappa shape index (κ3) is 5.48. The Kier molecular flexibility index (Phi) is 8.24. The van der Waals surface area contributed by atoms with Crippen LogP contribution in [0.3, 0.4) is 0 Å². The topological polar surface area (TPSA) is 59.6 Å². The molecule has 0 saturated carbocycles. The maximum absolute atomic E-state index is 12.4. The number of ether oxygens (including phenoxy) is 2. The molecule has 1 heterocycles. The lowest BCUT2D eigenvalue weighted by atomic mass is 10.00. The number of halogens is 1. The third-order valence-electron chi connectivity index (χ3n) is 3.64. The van der Waals surface area contributed by atoms with Crippen LogP contribution in [0, 0.1) is 0 Å². The van der Waals surface area contributed by atoms with Gasteiger partial charge in [0.1, 0.15) is 12.4 Å². The lowest BCUT2D eigenvalue weighted by Crippen LogP contribution is -2.46. The minimum atomic E-state index is -0.0675. The predicted octanol–water partition coefficient (Wildman–Crippen LogP) is 2.00. The second kappa shape index (κ2) is 9.66. The van der Waals surface area contributed by atoms with Crippen LogP contribution in [0.1, 0.15) is 30.1 Å². The molecule has 0 aromatic heterocycles. The first-order chi connectivity index (χ1) is 10.2. The van der Waals surface area contributed by atoms with Crippen LogP contribution in [0.5, 0.6) is 5.75 Å². The summed E-state index contributed by atoms with van der Waals surface area (Å²) >= 11 is 0. The molecule has 0 aliphatic carbocycles. The Morgan fingerprint density at radius 1 is 1.36 bits per heavy atom. The molecule has 1 aliphatic rings. The average molecular weight is 329 g/mol. The van der Waals surface area contributed by atoms with Gasteiger partial charge < -0.3 is 20.1 Å². The van der Waals surface area contributed by atoms with Crippen molar-refractivity contribution in [1.29, 1.82) is 0 Å². The van der Waals surface area contributed by atoms with Gasteiger partial charge in [-0.3, -0.25) is 4.79 Å². The van der Waals surface area contributed by atoms with Crippen molar-refractivity contribution < 1.29 is 14.3 Å².